The van der Waals surface area contributed by atoms with E-state index in [2.05, 4.69) is 26.2 Å². The van der Waals surface area contributed by atoms with E-state index in [0.717, 1.165) is 4.90 Å². The minimum absolute atomic E-state index is 0.109. The van der Waals surface area contributed by atoms with Crippen molar-refractivity contribution in [1.29, 1.82) is 0 Å². The van der Waals surface area contributed by atoms with Crippen LogP contribution in [0.3, 0.4) is 0 Å². The van der Waals surface area contributed by atoms with Gasteiger partial charge in [-0.05, 0) is 51.8 Å². The summed E-state index contributed by atoms with van der Waals surface area (Å²) in [5.74, 6) is -1.53. The number of nitrogens with zero attached hydrogens (tertiary/aromatic N) is 2. The topological polar surface area (TPSA) is 109 Å². The third-order valence-electron chi connectivity index (χ3n) is 3.60. The number of ether oxygens (including phenoxy) is 1. The number of hydrogen-bond acceptors (Lipinski definition) is 6. The number of benzene rings is 1. The predicted molar refractivity (Wildman–Crippen MR) is 95.6 cm³/mol. The number of imide groups is 2. The van der Waals surface area contributed by atoms with Crippen LogP contribution in [0.25, 0.3) is 6.08 Å². The van der Waals surface area contributed by atoms with E-state index in [9.17, 15) is 19.5 Å². The van der Waals surface area contributed by atoms with E-state index in [1.807, 2.05) is 0 Å². The number of phenolic OH excluding ortho intramolecular Hbond substituents is 1. The number of nitrogens with one attached hydrogen (secondary N) is 1. The normalized spacial score (nSPS) is 16.0. The van der Waals surface area contributed by atoms with Gasteiger partial charge in [0.05, 0.1) is 17.3 Å². The van der Waals surface area contributed by atoms with Crippen molar-refractivity contribution in [2.45, 2.75) is 0 Å². The number of aromatic nitrogens is 1. The minimum atomic E-state index is -0.840. The molecule has 0 atom stereocenters. The maximum atomic E-state index is 12.7. The summed E-state index contributed by atoms with van der Waals surface area (Å²) in [5.41, 5.74) is 0.473. The molecule has 0 radical (unpaired) electrons. The van der Waals surface area contributed by atoms with Crippen LogP contribution < -0.4 is 15.0 Å². The number of methoxy groups -OCH3 is 1. The van der Waals surface area contributed by atoms with Crippen molar-refractivity contribution in [2.24, 2.45) is 0 Å². The summed E-state index contributed by atoms with van der Waals surface area (Å²) in [6.07, 6.45) is 4.17. The van der Waals surface area contributed by atoms with Gasteiger partial charge in [-0.1, -0.05) is 0 Å². The van der Waals surface area contributed by atoms with Gasteiger partial charge in [0.2, 0.25) is 0 Å². The first-order chi connectivity index (χ1) is 12.4. The summed E-state index contributed by atoms with van der Waals surface area (Å²) in [4.78, 5) is 41.6. The van der Waals surface area contributed by atoms with Gasteiger partial charge in [0.15, 0.2) is 11.5 Å². The first kappa shape index (κ1) is 17.6. The highest BCUT2D eigenvalue weighted by Crippen LogP contribution is 2.36. The molecule has 0 bridgehead atoms. The third kappa shape index (κ3) is 3.16. The minimum Gasteiger partial charge on any atom is -0.503 e. The van der Waals surface area contributed by atoms with Crippen LogP contribution in [0, 0.1) is 0 Å². The lowest BCUT2D eigenvalue weighted by atomic mass is 10.1. The second-order valence-electron chi connectivity index (χ2n) is 5.22. The number of carbonyl (C=O) groups excluding carboxylic acids is 3. The summed E-state index contributed by atoms with van der Waals surface area (Å²) in [6.45, 7) is 0. The number of anilines is 1. The highest BCUT2D eigenvalue weighted by Gasteiger charge is 2.36. The standard InChI is InChI=1S/C17H12BrN3O5/c1-26-13-8-9(7-12(18)14(13)22)6-11-15(23)20-17(25)21(16(11)24)10-2-4-19-5-3-10/h2-8,22H,1H3,(H,20,23,25)/b11-6+. The second-order valence-corrected chi connectivity index (χ2v) is 6.07. The Hall–Kier alpha value is -3.20. The van der Waals surface area contributed by atoms with Crippen molar-refractivity contribution in [3.05, 3.63) is 52.3 Å². The van der Waals surface area contributed by atoms with Crippen LogP contribution in [-0.4, -0.2) is 35.0 Å². The molecule has 0 aliphatic carbocycles. The number of aromatic hydroxyl groups is 1. The van der Waals surface area contributed by atoms with Crippen molar-refractivity contribution in [3.63, 3.8) is 0 Å². The molecule has 3 rings (SSSR count). The molecular weight excluding hydrogens is 406 g/mol. The lowest BCUT2D eigenvalue weighted by Gasteiger charge is -2.26. The van der Waals surface area contributed by atoms with Gasteiger partial charge in [0.1, 0.15) is 5.57 Å². The molecule has 2 aromatic rings. The summed E-state index contributed by atoms with van der Waals surface area (Å²) in [6, 6.07) is 5.09. The van der Waals surface area contributed by atoms with Crippen LogP contribution in [0.1, 0.15) is 5.56 Å². The van der Waals surface area contributed by atoms with Crippen molar-refractivity contribution in [2.75, 3.05) is 12.0 Å². The summed E-state index contributed by atoms with van der Waals surface area (Å²) in [7, 11) is 1.38. The molecule has 1 saturated heterocycles. The molecule has 1 fully saturated rings. The molecule has 2 heterocycles. The Balaban J connectivity index is 2.05. The smallest absolute Gasteiger partial charge is 0.335 e. The number of carbonyl (C=O) groups is 3. The number of pyridine rings is 1. The van der Waals surface area contributed by atoms with E-state index in [1.165, 1.54) is 49.8 Å². The molecule has 1 aliphatic heterocycles. The average Bonchev–Trinajstić information content (AvgIpc) is 2.62. The molecule has 0 unspecified atom stereocenters. The first-order valence-electron chi connectivity index (χ1n) is 7.30. The van der Waals surface area contributed by atoms with E-state index < -0.39 is 17.8 Å². The van der Waals surface area contributed by atoms with Gasteiger partial charge >= 0.3 is 6.03 Å². The SMILES string of the molecule is COc1cc(/C=C2\C(=O)NC(=O)N(c3ccncc3)C2=O)cc(Br)c1O. The zero-order valence-corrected chi connectivity index (χ0v) is 15.0. The van der Waals surface area contributed by atoms with E-state index >= 15 is 0 Å². The Bertz CT molecular complexity index is 943. The first-order valence-corrected chi connectivity index (χ1v) is 8.09. The molecular formula is C17H12BrN3O5. The Kier molecular flexibility index (Phi) is 4.72. The summed E-state index contributed by atoms with van der Waals surface area (Å²) >= 11 is 3.17. The Morgan fingerprint density at radius 1 is 1.23 bits per heavy atom. The Labute approximate surface area is 156 Å². The number of hydrogen-bond donors (Lipinski definition) is 2. The van der Waals surface area contributed by atoms with Gasteiger partial charge in [0, 0.05) is 12.4 Å². The number of rotatable bonds is 3. The molecule has 0 saturated carbocycles. The monoisotopic (exact) mass is 417 g/mol. The van der Waals surface area contributed by atoms with Gasteiger partial charge < -0.3 is 9.84 Å². The predicted octanol–water partition coefficient (Wildman–Crippen LogP) is 2.22. The highest BCUT2D eigenvalue weighted by molar-refractivity contribution is 9.10. The zero-order chi connectivity index (χ0) is 18.8. The van der Waals surface area contributed by atoms with Crippen LogP contribution >= 0.6 is 15.9 Å². The number of phenols is 1. The van der Waals surface area contributed by atoms with E-state index in [-0.39, 0.29) is 22.8 Å². The average molecular weight is 418 g/mol. The number of barbiturate groups is 1. The van der Waals surface area contributed by atoms with Gasteiger partial charge in [-0.15, -0.1) is 0 Å². The highest BCUT2D eigenvalue weighted by atomic mass is 79.9. The van der Waals surface area contributed by atoms with Crippen molar-refractivity contribution in [1.82, 2.24) is 10.3 Å². The lowest BCUT2D eigenvalue weighted by Crippen LogP contribution is -2.54. The van der Waals surface area contributed by atoms with Crippen molar-refractivity contribution >= 4 is 45.5 Å². The quantitative estimate of drug-likeness (QED) is 0.585. The van der Waals surface area contributed by atoms with Crippen LogP contribution in [0.2, 0.25) is 0 Å². The van der Waals surface area contributed by atoms with E-state index in [1.54, 1.807) is 0 Å². The van der Waals surface area contributed by atoms with E-state index in [0.29, 0.717) is 10.0 Å². The molecule has 26 heavy (non-hydrogen) atoms. The fourth-order valence-electron chi connectivity index (χ4n) is 2.38. The summed E-state index contributed by atoms with van der Waals surface area (Å²) < 4.78 is 5.38. The molecule has 4 amide bonds. The molecule has 132 valence electrons. The maximum Gasteiger partial charge on any atom is 0.335 e. The van der Waals surface area contributed by atoms with Gasteiger partial charge in [0.25, 0.3) is 11.8 Å². The van der Waals surface area contributed by atoms with Crippen molar-refractivity contribution in [3.8, 4) is 11.5 Å². The molecule has 1 aromatic carbocycles. The fourth-order valence-corrected chi connectivity index (χ4v) is 2.84. The van der Waals surface area contributed by atoms with Gasteiger partial charge in [-0.25, -0.2) is 9.69 Å². The Morgan fingerprint density at radius 3 is 2.58 bits per heavy atom. The van der Waals surface area contributed by atoms with Crippen molar-refractivity contribution < 1.29 is 24.2 Å². The van der Waals surface area contributed by atoms with Crippen LogP contribution in [0.5, 0.6) is 11.5 Å². The fraction of sp³-hybridized carbons (Fsp3) is 0.0588. The third-order valence-corrected chi connectivity index (χ3v) is 4.21. The second kappa shape index (κ2) is 6.96. The largest absolute Gasteiger partial charge is 0.503 e. The van der Waals surface area contributed by atoms with Crippen LogP contribution in [-0.2, 0) is 9.59 Å². The number of amides is 4. The Morgan fingerprint density at radius 2 is 1.92 bits per heavy atom. The van der Waals surface area contributed by atoms with Gasteiger partial charge in [-0.2, -0.15) is 0 Å². The lowest BCUT2D eigenvalue weighted by molar-refractivity contribution is -0.122. The molecule has 8 nitrogen and oxygen atoms in total. The van der Waals surface area contributed by atoms with Gasteiger partial charge in [-0.3, -0.25) is 19.9 Å². The van der Waals surface area contributed by atoms with Crippen LogP contribution in [0.15, 0.2) is 46.7 Å². The molecule has 9 heteroatoms. The number of halogens is 1. The molecule has 2 N–H and O–H groups in total. The molecule has 1 aromatic heterocycles. The number of urea groups is 1. The summed E-state index contributed by atoms with van der Waals surface area (Å²) in [5, 5.41) is 12.0. The van der Waals surface area contributed by atoms with E-state index in [4.69, 9.17) is 4.74 Å². The maximum absolute atomic E-state index is 12.7. The molecule has 0 spiro atoms. The zero-order valence-electron chi connectivity index (χ0n) is 13.4. The molecule has 1 aliphatic rings. The van der Waals surface area contributed by atoms with Crippen LogP contribution in [0.4, 0.5) is 10.5 Å².